The molecule has 1 heterocycles. The molecule has 4 nitrogen and oxygen atoms in total. The lowest BCUT2D eigenvalue weighted by Crippen LogP contribution is -1.97. The molecule has 1 rings (SSSR count). The zero-order valence-electron chi connectivity index (χ0n) is 5.70. The first kappa shape index (κ1) is 7.22. The van der Waals surface area contributed by atoms with Crippen LogP contribution in [0.3, 0.4) is 0 Å². The molecule has 54 valence electrons. The molecule has 1 aromatic rings. The Balaban J connectivity index is 3.25. The van der Waals surface area contributed by atoms with E-state index >= 15 is 0 Å². The maximum Gasteiger partial charge on any atom is 0.141 e. The molecule has 0 unspecified atom stereocenters. The number of hydrogen-bond donors (Lipinski definition) is 2. The lowest BCUT2D eigenvalue weighted by molar-refractivity contribution is 1.24. The van der Waals surface area contributed by atoms with Gasteiger partial charge < -0.3 is 11.1 Å². The number of hydrogen-bond acceptors (Lipinski definition) is 4. The number of pyridine rings is 1. The number of nitrogens with zero attached hydrogens (tertiary/aromatic N) is 2. The monoisotopic (exact) mass is 146 g/mol. The molecule has 0 radical (unpaired) electrons. The topological polar surface area (TPSA) is 86.5 Å². The zero-order chi connectivity index (χ0) is 8.27. The highest BCUT2D eigenvalue weighted by Gasteiger charge is 1.97. The van der Waals surface area contributed by atoms with Gasteiger partial charge in [-0.25, -0.2) is 4.98 Å². The Morgan fingerprint density at radius 3 is 2.91 bits per heavy atom. The highest BCUT2D eigenvalue weighted by atomic mass is 14.8. The van der Waals surface area contributed by atoms with Crippen molar-refractivity contribution < 1.29 is 0 Å². The van der Waals surface area contributed by atoms with Crippen LogP contribution in [-0.2, 0) is 0 Å². The third-order valence-electron chi connectivity index (χ3n) is 1.21. The Morgan fingerprint density at radius 2 is 2.36 bits per heavy atom. The van der Waals surface area contributed by atoms with E-state index in [1.165, 1.54) is 6.07 Å². The van der Waals surface area contributed by atoms with E-state index in [1.54, 1.807) is 6.07 Å². The highest BCUT2D eigenvalue weighted by molar-refractivity contribution is 5.82. The van der Waals surface area contributed by atoms with Crippen molar-refractivity contribution in [3.05, 3.63) is 23.5 Å². The molecule has 4 heteroatoms. The average Bonchev–Trinajstić information content (AvgIpc) is 2.05. The van der Waals surface area contributed by atoms with Crippen molar-refractivity contribution in [1.82, 2.24) is 4.98 Å². The number of nitriles is 1. The van der Waals surface area contributed by atoms with Gasteiger partial charge in [0.05, 0.1) is 5.69 Å². The minimum absolute atomic E-state index is 0.276. The van der Waals surface area contributed by atoms with Crippen molar-refractivity contribution in [3.8, 4) is 6.07 Å². The van der Waals surface area contributed by atoms with E-state index in [2.05, 4.69) is 4.98 Å². The molecule has 3 N–H and O–H groups in total. The van der Waals surface area contributed by atoms with Gasteiger partial charge in [-0.15, -0.1) is 0 Å². The number of anilines is 1. The van der Waals surface area contributed by atoms with Gasteiger partial charge in [-0.3, -0.25) is 0 Å². The number of aromatic nitrogens is 1. The molecule has 0 saturated heterocycles. The van der Waals surface area contributed by atoms with Crippen LogP contribution in [0.25, 0.3) is 0 Å². The first-order valence-corrected chi connectivity index (χ1v) is 2.95. The van der Waals surface area contributed by atoms with Gasteiger partial charge in [0.1, 0.15) is 17.5 Å². The molecular weight excluding hydrogens is 140 g/mol. The summed E-state index contributed by atoms with van der Waals surface area (Å²) in [5.74, 6) is 0. The lowest BCUT2D eigenvalue weighted by atomic mass is 10.3. The molecule has 0 fully saturated rings. The fourth-order valence-corrected chi connectivity index (χ4v) is 0.664. The van der Waals surface area contributed by atoms with Crippen molar-refractivity contribution >= 4 is 11.9 Å². The summed E-state index contributed by atoms with van der Waals surface area (Å²) < 4.78 is 0. The van der Waals surface area contributed by atoms with Crippen LogP contribution in [0.5, 0.6) is 0 Å². The Hall–Kier alpha value is -1.89. The van der Waals surface area contributed by atoms with E-state index in [0.717, 1.165) is 6.21 Å². The van der Waals surface area contributed by atoms with Gasteiger partial charge in [0.2, 0.25) is 0 Å². The molecule has 0 aliphatic rings. The molecule has 11 heavy (non-hydrogen) atoms. The normalized spacial score (nSPS) is 8.64. The number of nitrogens with two attached hydrogens (primary N) is 1. The number of nitrogen functional groups attached to an aromatic ring is 1. The third-order valence-corrected chi connectivity index (χ3v) is 1.21. The molecule has 1 aromatic heterocycles. The average molecular weight is 146 g/mol. The maximum absolute atomic E-state index is 8.42. The van der Waals surface area contributed by atoms with E-state index < -0.39 is 0 Å². The van der Waals surface area contributed by atoms with Gasteiger partial charge in [0.15, 0.2) is 0 Å². The van der Waals surface area contributed by atoms with Crippen LogP contribution in [0.15, 0.2) is 12.1 Å². The first-order chi connectivity index (χ1) is 5.27. The van der Waals surface area contributed by atoms with Crippen LogP contribution >= 0.6 is 0 Å². The van der Waals surface area contributed by atoms with Crippen molar-refractivity contribution in [2.24, 2.45) is 0 Å². The predicted octanol–water partition coefficient (Wildman–Crippen LogP) is 0.533. The zero-order valence-corrected chi connectivity index (χ0v) is 5.70. The van der Waals surface area contributed by atoms with Gasteiger partial charge in [0, 0.05) is 6.21 Å². The van der Waals surface area contributed by atoms with Crippen LogP contribution < -0.4 is 5.73 Å². The highest BCUT2D eigenvalue weighted by Crippen LogP contribution is 2.05. The standard InChI is InChI=1S/C7H6N4/c8-3-5-1-2-6(10)7(4-9)11-5/h1-2,4,9H,10H2. The van der Waals surface area contributed by atoms with E-state index in [9.17, 15) is 0 Å². The molecule has 0 aliphatic carbocycles. The molecule has 0 spiro atoms. The largest absolute Gasteiger partial charge is 0.397 e. The molecule has 0 aromatic carbocycles. The smallest absolute Gasteiger partial charge is 0.141 e. The van der Waals surface area contributed by atoms with E-state index in [4.69, 9.17) is 16.4 Å². The second-order valence-electron chi connectivity index (χ2n) is 1.93. The van der Waals surface area contributed by atoms with E-state index in [0.29, 0.717) is 11.4 Å². The van der Waals surface area contributed by atoms with Crippen LogP contribution in [0, 0.1) is 16.7 Å². The predicted molar refractivity (Wildman–Crippen MR) is 41.3 cm³/mol. The molecule has 0 atom stereocenters. The summed E-state index contributed by atoms with van der Waals surface area (Å²) in [5.41, 5.74) is 6.46. The van der Waals surface area contributed by atoms with Crippen LogP contribution in [0.2, 0.25) is 0 Å². The number of nitrogens with one attached hydrogen (secondary N) is 1. The van der Waals surface area contributed by atoms with Gasteiger partial charge >= 0.3 is 0 Å². The Kier molecular flexibility index (Phi) is 1.83. The van der Waals surface area contributed by atoms with Gasteiger partial charge in [-0.2, -0.15) is 5.26 Å². The lowest BCUT2D eigenvalue weighted by Gasteiger charge is -1.96. The van der Waals surface area contributed by atoms with Crippen LogP contribution in [0.1, 0.15) is 11.4 Å². The second kappa shape index (κ2) is 2.80. The van der Waals surface area contributed by atoms with Gasteiger partial charge in [-0.1, -0.05) is 0 Å². The fourth-order valence-electron chi connectivity index (χ4n) is 0.664. The summed E-state index contributed by atoms with van der Waals surface area (Å²) in [5, 5.41) is 15.3. The molecular formula is C7H6N4. The van der Waals surface area contributed by atoms with E-state index in [1.807, 2.05) is 6.07 Å². The second-order valence-corrected chi connectivity index (χ2v) is 1.93. The Bertz CT molecular complexity index is 324. The Morgan fingerprint density at radius 1 is 1.64 bits per heavy atom. The van der Waals surface area contributed by atoms with Gasteiger partial charge in [-0.05, 0) is 12.1 Å². The minimum Gasteiger partial charge on any atom is -0.397 e. The Labute approximate surface area is 63.8 Å². The van der Waals surface area contributed by atoms with Crippen LogP contribution in [0.4, 0.5) is 5.69 Å². The quantitative estimate of drug-likeness (QED) is 0.566. The summed E-state index contributed by atoms with van der Waals surface area (Å²) in [6, 6.07) is 4.94. The summed E-state index contributed by atoms with van der Waals surface area (Å²) in [4.78, 5) is 3.78. The summed E-state index contributed by atoms with van der Waals surface area (Å²) in [7, 11) is 0. The molecule has 0 bridgehead atoms. The van der Waals surface area contributed by atoms with Crippen molar-refractivity contribution in [3.63, 3.8) is 0 Å². The van der Waals surface area contributed by atoms with Crippen molar-refractivity contribution in [2.75, 3.05) is 5.73 Å². The molecule has 0 amide bonds. The molecule has 0 aliphatic heterocycles. The minimum atomic E-state index is 0.276. The van der Waals surface area contributed by atoms with E-state index in [-0.39, 0.29) is 5.69 Å². The number of rotatable bonds is 1. The van der Waals surface area contributed by atoms with Crippen LogP contribution in [-0.4, -0.2) is 11.2 Å². The summed E-state index contributed by atoms with van der Waals surface area (Å²) in [6.07, 6.45) is 1.02. The SMILES string of the molecule is N#Cc1ccc(N)c(C=N)n1. The fraction of sp³-hybridized carbons (Fsp3) is 0. The maximum atomic E-state index is 8.42. The first-order valence-electron chi connectivity index (χ1n) is 2.95. The summed E-state index contributed by atoms with van der Waals surface area (Å²) >= 11 is 0. The van der Waals surface area contributed by atoms with Crippen molar-refractivity contribution in [2.45, 2.75) is 0 Å². The summed E-state index contributed by atoms with van der Waals surface area (Å²) in [6.45, 7) is 0. The van der Waals surface area contributed by atoms with Gasteiger partial charge in [0.25, 0.3) is 0 Å². The third kappa shape index (κ3) is 1.33. The molecule has 0 saturated carbocycles. The van der Waals surface area contributed by atoms with Crippen molar-refractivity contribution in [1.29, 1.82) is 10.7 Å².